The monoisotopic (exact) mass is 359 g/mol. The van der Waals surface area contributed by atoms with Crippen LogP contribution in [0.3, 0.4) is 0 Å². The smallest absolute Gasteiger partial charge is 0.0560 e. The normalized spacial score (nSPS) is 12.6. The van der Waals surface area contributed by atoms with Crippen molar-refractivity contribution in [2.75, 3.05) is 0 Å². The second-order valence-corrected chi connectivity index (χ2v) is 6.48. The molecule has 0 spiro atoms. The molecule has 1 nitrogen and oxygen atoms in total. The van der Waals surface area contributed by atoms with E-state index in [2.05, 4.69) is 41.1 Å². The van der Waals surface area contributed by atoms with Gasteiger partial charge < -0.3 is 5.73 Å². The highest BCUT2D eigenvalue weighted by molar-refractivity contribution is 9.10. The Morgan fingerprint density at radius 1 is 0.952 bits per heavy atom. The van der Waals surface area contributed by atoms with Gasteiger partial charge >= 0.3 is 0 Å². The van der Waals surface area contributed by atoms with Gasteiger partial charge in [-0.25, -0.2) is 0 Å². The topological polar surface area (TPSA) is 26.0 Å². The highest BCUT2D eigenvalue weighted by Gasteiger charge is 2.15. The molecule has 0 fully saturated rings. The number of hydrogen-bond acceptors (Lipinski definition) is 1. The van der Waals surface area contributed by atoms with E-state index < -0.39 is 0 Å². The van der Waals surface area contributed by atoms with Gasteiger partial charge in [-0.2, -0.15) is 0 Å². The second kappa shape index (κ2) is 5.80. The van der Waals surface area contributed by atoms with Crippen LogP contribution in [0.2, 0.25) is 5.02 Å². The lowest BCUT2D eigenvalue weighted by atomic mass is 9.92. The Balaban J connectivity index is 2.20. The van der Waals surface area contributed by atoms with Crippen LogP contribution in [0.1, 0.15) is 22.7 Å². The van der Waals surface area contributed by atoms with Crippen LogP contribution in [-0.4, -0.2) is 0 Å². The Labute approximate surface area is 137 Å². The quantitative estimate of drug-likeness (QED) is 0.631. The van der Waals surface area contributed by atoms with Gasteiger partial charge in [0, 0.05) is 14.9 Å². The highest BCUT2D eigenvalue weighted by Crippen LogP contribution is 2.33. The molecule has 0 aliphatic heterocycles. The fraction of sp³-hybridized carbons (Fsp3) is 0.111. The van der Waals surface area contributed by atoms with Gasteiger partial charge in [-0.05, 0) is 47.2 Å². The highest BCUT2D eigenvalue weighted by atomic mass is 79.9. The SMILES string of the molecule is Cc1ccc(Br)cc1C(N)c1ccc(Cl)c2ccccc12. The zero-order chi connectivity index (χ0) is 15.0. The summed E-state index contributed by atoms with van der Waals surface area (Å²) >= 11 is 9.81. The van der Waals surface area contributed by atoms with E-state index in [-0.39, 0.29) is 6.04 Å². The predicted octanol–water partition coefficient (Wildman–Crippen LogP) is 5.61. The van der Waals surface area contributed by atoms with Crippen LogP contribution in [0.25, 0.3) is 10.8 Å². The summed E-state index contributed by atoms with van der Waals surface area (Å²) in [5.74, 6) is 0. The minimum absolute atomic E-state index is 0.176. The summed E-state index contributed by atoms with van der Waals surface area (Å²) in [6.07, 6.45) is 0. The molecule has 2 N–H and O–H groups in total. The average Bonchev–Trinajstić information content (AvgIpc) is 2.50. The number of benzene rings is 3. The molecule has 3 aromatic carbocycles. The number of halogens is 2. The average molecular weight is 361 g/mol. The van der Waals surface area contributed by atoms with E-state index in [1.54, 1.807) is 0 Å². The largest absolute Gasteiger partial charge is 0.320 e. The Morgan fingerprint density at radius 2 is 1.67 bits per heavy atom. The molecule has 0 heterocycles. The molecule has 0 amide bonds. The van der Waals surface area contributed by atoms with Crippen molar-refractivity contribution in [3.63, 3.8) is 0 Å². The number of nitrogens with two attached hydrogens (primary N) is 1. The molecule has 3 rings (SSSR count). The van der Waals surface area contributed by atoms with Crippen molar-refractivity contribution < 1.29 is 0 Å². The van der Waals surface area contributed by atoms with Crippen molar-refractivity contribution in [1.82, 2.24) is 0 Å². The third kappa shape index (κ3) is 2.71. The van der Waals surface area contributed by atoms with Gasteiger partial charge in [0.05, 0.1) is 6.04 Å². The Kier molecular flexibility index (Phi) is 4.03. The van der Waals surface area contributed by atoms with E-state index in [9.17, 15) is 0 Å². The molecule has 0 aliphatic carbocycles. The fourth-order valence-electron chi connectivity index (χ4n) is 2.67. The zero-order valence-corrected chi connectivity index (χ0v) is 13.9. The van der Waals surface area contributed by atoms with Crippen molar-refractivity contribution in [3.05, 3.63) is 80.8 Å². The molecular weight excluding hydrogens is 346 g/mol. The molecule has 1 unspecified atom stereocenters. The molecule has 0 radical (unpaired) electrons. The molecule has 0 bridgehead atoms. The summed E-state index contributed by atoms with van der Waals surface area (Å²) in [7, 11) is 0. The van der Waals surface area contributed by atoms with Crippen LogP contribution < -0.4 is 5.73 Å². The van der Waals surface area contributed by atoms with Gasteiger partial charge in [-0.1, -0.05) is 63.9 Å². The lowest BCUT2D eigenvalue weighted by Gasteiger charge is -2.18. The fourth-order valence-corrected chi connectivity index (χ4v) is 3.28. The maximum Gasteiger partial charge on any atom is 0.0560 e. The minimum Gasteiger partial charge on any atom is -0.320 e. The van der Waals surface area contributed by atoms with Gasteiger partial charge in [-0.3, -0.25) is 0 Å². The first-order valence-electron chi connectivity index (χ1n) is 6.76. The van der Waals surface area contributed by atoms with Crippen molar-refractivity contribution >= 4 is 38.3 Å². The first kappa shape index (κ1) is 14.6. The van der Waals surface area contributed by atoms with E-state index in [4.69, 9.17) is 17.3 Å². The summed E-state index contributed by atoms with van der Waals surface area (Å²) in [4.78, 5) is 0. The van der Waals surface area contributed by atoms with Crippen LogP contribution >= 0.6 is 27.5 Å². The van der Waals surface area contributed by atoms with Crippen LogP contribution in [0.5, 0.6) is 0 Å². The molecule has 3 heteroatoms. The number of aryl methyl sites for hydroxylation is 1. The molecular formula is C18H15BrClN. The summed E-state index contributed by atoms with van der Waals surface area (Å²) < 4.78 is 1.04. The number of rotatable bonds is 2. The maximum atomic E-state index is 6.54. The molecule has 3 aromatic rings. The van der Waals surface area contributed by atoms with Gasteiger partial charge in [0.2, 0.25) is 0 Å². The Bertz CT molecular complexity index is 813. The first-order valence-corrected chi connectivity index (χ1v) is 7.94. The molecule has 106 valence electrons. The lowest BCUT2D eigenvalue weighted by molar-refractivity contribution is 0.869. The lowest BCUT2D eigenvalue weighted by Crippen LogP contribution is -2.13. The van der Waals surface area contributed by atoms with E-state index in [0.29, 0.717) is 0 Å². The zero-order valence-electron chi connectivity index (χ0n) is 11.6. The predicted molar refractivity (Wildman–Crippen MR) is 93.9 cm³/mol. The standard InChI is InChI=1S/C18H15BrClN/c1-11-6-7-12(19)10-16(11)18(21)15-8-9-17(20)14-5-3-2-4-13(14)15/h2-10,18H,21H2,1H3. The van der Waals surface area contributed by atoms with E-state index in [0.717, 1.165) is 31.4 Å². The minimum atomic E-state index is -0.176. The maximum absolute atomic E-state index is 6.54. The molecule has 0 aromatic heterocycles. The third-order valence-corrected chi connectivity index (χ3v) is 4.64. The first-order chi connectivity index (χ1) is 10.1. The van der Waals surface area contributed by atoms with Gasteiger partial charge in [0.15, 0.2) is 0 Å². The van der Waals surface area contributed by atoms with Crippen LogP contribution in [0.4, 0.5) is 0 Å². The van der Waals surface area contributed by atoms with Crippen LogP contribution in [-0.2, 0) is 0 Å². The summed E-state index contributed by atoms with van der Waals surface area (Å²) in [5, 5.41) is 2.91. The number of fused-ring (bicyclic) bond motifs is 1. The van der Waals surface area contributed by atoms with Crippen molar-refractivity contribution in [1.29, 1.82) is 0 Å². The summed E-state index contributed by atoms with van der Waals surface area (Å²) in [5.41, 5.74) is 9.94. The van der Waals surface area contributed by atoms with Gasteiger partial charge in [0.25, 0.3) is 0 Å². The van der Waals surface area contributed by atoms with E-state index in [1.807, 2.05) is 36.4 Å². The second-order valence-electron chi connectivity index (χ2n) is 5.16. The van der Waals surface area contributed by atoms with Crippen molar-refractivity contribution in [2.45, 2.75) is 13.0 Å². The molecule has 0 aliphatic rings. The molecule has 0 saturated carbocycles. The van der Waals surface area contributed by atoms with Crippen LogP contribution in [0.15, 0.2) is 59.1 Å². The molecule has 21 heavy (non-hydrogen) atoms. The van der Waals surface area contributed by atoms with Crippen molar-refractivity contribution in [3.8, 4) is 0 Å². The Hall–Kier alpha value is -1.35. The summed E-state index contributed by atoms with van der Waals surface area (Å²) in [6, 6.07) is 18.1. The van der Waals surface area contributed by atoms with Gasteiger partial charge in [0.1, 0.15) is 0 Å². The van der Waals surface area contributed by atoms with E-state index in [1.165, 1.54) is 5.56 Å². The van der Waals surface area contributed by atoms with Crippen LogP contribution in [0, 0.1) is 6.92 Å². The van der Waals surface area contributed by atoms with Crippen molar-refractivity contribution in [2.24, 2.45) is 5.73 Å². The van der Waals surface area contributed by atoms with Gasteiger partial charge in [-0.15, -0.1) is 0 Å². The molecule has 1 atom stereocenters. The van der Waals surface area contributed by atoms with E-state index >= 15 is 0 Å². The molecule has 0 saturated heterocycles. The Morgan fingerprint density at radius 3 is 2.43 bits per heavy atom. The number of hydrogen-bond donors (Lipinski definition) is 1. The summed E-state index contributed by atoms with van der Waals surface area (Å²) in [6.45, 7) is 2.08. The third-order valence-electron chi connectivity index (χ3n) is 3.82.